The van der Waals surface area contributed by atoms with Crippen LogP contribution >= 0.6 is 0 Å². The number of esters is 1. The van der Waals surface area contributed by atoms with E-state index in [4.69, 9.17) is 4.74 Å². The molecule has 1 aromatic rings. The first-order valence-corrected chi connectivity index (χ1v) is 5.81. The summed E-state index contributed by atoms with van der Waals surface area (Å²) in [5.41, 5.74) is 0.497. The van der Waals surface area contributed by atoms with Crippen molar-refractivity contribution in [2.45, 2.75) is 32.8 Å². The number of hydrogen-bond donors (Lipinski definition) is 0. The highest BCUT2D eigenvalue weighted by Gasteiger charge is 2.17. The molecule has 96 valence electrons. The van der Waals surface area contributed by atoms with Crippen LogP contribution in [0.4, 0.5) is 0 Å². The van der Waals surface area contributed by atoms with Crippen molar-refractivity contribution in [2.75, 3.05) is 0 Å². The van der Waals surface area contributed by atoms with Gasteiger partial charge in [-0.25, -0.2) is 4.79 Å². The summed E-state index contributed by atoms with van der Waals surface area (Å²) in [6, 6.07) is 6.46. The number of ether oxygens (including phenoxy) is 1. The van der Waals surface area contributed by atoms with Crippen molar-refractivity contribution in [1.29, 1.82) is 0 Å². The molecular formula is C15H18O3. The molecule has 0 N–H and O–H groups in total. The Morgan fingerprint density at radius 1 is 1.17 bits per heavy atom. The molecule has 0 aliphatic heterocycles. The van der Waals surface area contributed by atoms with E-state index in [0.29, 0.717) is 17.5 Å². The fourth-order valence-electron chi connectivity index (χ4n) is 1.38. The van der Waals surface area contributed by atoms with Crippen LogP contribution in [0, 0.1) is 0 Å². The third-order valence-corrected chi connectivity index (χ3v) is 2.17. The second-order valence-corrected chi connectivity index (χ2v) is 5.00. The predicted molar refractivity (Wildman–Crippen MR) is 70.8 cm³/mol. The first-order valence-electron chi connectivity index (χ1n) is 5.81. The number of allylic oxidation sites excluding steroid dienone is 1. The molecule has 0 saturated carbocycles. The molecule has 1 aromatic carbocycles. The molecule has 0 unspecified atom stereocenters. The Morgan fingerprint density at radius 3 is 2.11 bits per heavy atom. The molecule has 0 bridgehead atoms. The molecule has 1 rings (SSSR count). The normalized spacial score (nSPS) is 10.8. The molecule has 0 atom stereocenters. The van der Waals surface area contributed by atoms with Gasteiger partial charge in [0.05, 0.1) is 5.56 Å². The minimum atomic E-state index is -0.519. The molecule has 0 aliphatic carbocycles. The molecule has 18 heavy (non-hydrogen) atoms. The van der Waals surface area contributed by atoms with Gasteiger partial charge in [0, 0.05) is 12.0 Å². The number of benzene rings is 1. The number of rotatable bonds is 4. The van der Waals surface area contributed by atoms with Crippen LogP contribution in [-0.4, -0.2) is 17.4 Å². The van der Waals surface area contributed by atoms with Crippen LogP contribution in [-0.2, 0) is 4.74 Å². The van der Waals surface area contributed by atoms with Gasteiger partial charge in [-0.15, -0.1) is 6.58 Å². The molecule has 0 amide bonds. The zero-order valence-corrected chi connectivity index (χ0v) is 11.0. The van der Waals surface area contributed by atoms with Gasteiger partial charge in [-0.3, -0.25) is 4.79 Å². The summed E-state index contributed by atoms with van der Waals surface area (Å²) in [6.45, 7) is 8.95. The molecule has 0 heterocycles. The number of carbonyl (C=O) groups is 2. The number of hydrogen-bond acceptors (Lipinski definition) is 3. The summed E-state index contributed by atoms with van der Waals surface area (Å²) in [5, 5.41) is 0. The summed E-state index contributed by atoms with van der Waals surface area (Å²) in [7, 11) is 0. The zero-order chi connectivity index (χ0) is 13.8. The van der Waals surface area contributed by atoms with E-state index in [1.807, 2.05) is 20.8 Å². The van der Waals surface area contributed by atoms with Gasteiger partial charge in [-0.2, -0.15) is 0 Å². The maximum Gasteiger partial charge on any atom is 0.338 e. The van der Waals surface area contributed by atoms with Crippen LogP contribution in [0.2, 0.25) is 0 Å². The molecule has 0 aliphatic rings. The standard InChI is InChI=1S/C15H18O3/c1-5-6-13(16)11-7-9-12(10-8-11)14(17)18-15(2,3)4/h5,7-10H,1,6H2,2-4H3. The number of carbonyl (C=O) groups excluding carboxylic acids is 2. The molecular weight excluding hydrogens is 228 g/mol. The third-order valence-electron chi connectivity index (χ3n) is 2.17. The Morgan fingerprint density at radius 2 is 1.67 bits per heavy atom. The van der Waals surface area contributed by atoms with E-state index in [9.17, 15) is 9.59 Å². The van der Waals surface area contributed by atoms with Gasteiger partial charge in [0.2, 0.25) is 0 Å². The van der Waals surface area contributed by atoms with Crippen LogP contribution in [0.3, 0.4) is 0 Å². The highest BCUT2D eigenvalue weighted by molar-refractivity contribution is 5.98. The lowest BCUT2D eigenvalue weighted by atomic mass is 10.1. The van der Waals surface area contributed by atoms with Crippen molar-refractivity contribution in [2.24, 2.45) is 0 Å². The van der Waals surface area contributed by atoms with Gasteiger partial charge in [0.25, 0.3) is 0 Å². The minimum absolute atomic E-state index is 0.0132. The number of Topliss-reactive ketones (excluding diaryl/α,β-unsaturated/α-hetero) is 1. The van der Waals surface area contributed by atoms with E-state index in [2.05, 4.69) is 6.58 Å². The fourth-order valence-corrected chi connectivity index (χ4v) is 1.38. The van der Waals surface area contributed by atoms with Crippen LogP contribution in [0.5, 0.6) is 0 Å². The van der Waals surface area contributed by atoms with Gasteiger partial charge in [-0.1, -0.05) is 18.2 Å². The summed E-state index contributed by atoms with van der Waals surface area (Å²) in [5.74, 6) is -0.397. The topological polar surface area (TPSA) is 43.4 Å². The molecule has 3 nitrogen and oxygen atoms in total. The van der Waals surface area contributed by atoms with Crippen molar-refractivity contribution in [3.8, 4) is 0 Å². The lowest BCUT2D eigenvalue weighted by Crippen LogP contribution is -2.23. The van der Waals surface area contributed by atoms with Crippen LogP contribution in [0.1, 0.15) is 47.9 Å². The highest BCUT2D eigenvalue weighted by atomic mass is 16.6. The van der Waals surface area contributed by atoms with Crippen molar-refractivity contribution < 1.29 is 14.3 Å². The van der Waals surface area contributed by atoms with Gasteiger partial charge >= 0.3 is 5.97 Å². The largest absolute Gasteiger partial charge is 0.456 e. The maximum absolute atomic E-state index is 11.7. The van der Waals surface area contributed by atoms with E-state index >= 15 is 0 Å². The predicted octanol–water partition coefficient (Wildman–Crippen LogP) is 3.40. The summed E-state index contributed by atoms with van der Waals surface area (Å²) in [4.78, 5) is 23.3. The minimum Gasteiger partial charge on any atom is -0.456 e. The Hall–Kier alpha value is -1.90. The van der Waals surface area contributed by atoms with E-state index < -0.39 is 5.60 Å². The monoisotopic (exact) mass is 246 g/mol. The zero-order valence-electron chi connectivity index (χ0n) is 11.0. The quantitative estimate of drug-likeness (QED) is 0.464. The maximum atomic E-state index is 11.7. The molecule has 0 aromatic heterocycles. The first-order chi connectivity index (χ1) is 8.33. The van der Waals surface area contributed by atoms with E-state index in [-0.39, 0.29) is 11.8 Å². The van der Waals surface area contributed by atoms with Gasteiger partial charge < -0.3 is 4.74 Å². The van der Waals surface area contributed by atoms with E-state index in [0.717, 1.165) is 0 Å². The lowest BCUT2D eigenvalue weighted by molar-refractivity contribution is 0.00693. The molecule has 0 radical (unpaired) electrons. The first kappa shape index (κ1) is 14.2. The second-order valence-electron chi connectivity index (χ2n) is 5.00. The van der Waals surface area contributed by atoms with Crippen molar-refractivity contribution >= 4 is 11.8 Å². The molecule has 0 spiro atoms. The van der Waals surface area contributed by atoms with Crippen molar-refractivity contribution in [1.82, 2.24) is 0 Å². The van der Waals surface area contributed by atoms with Crippen molar-refractivity contribution in [3.05, 3.63) is 48.0 Å². The SMILES string of the molecule is C=CCC(=O)c1ccc(C(=O)OC(C)(C)C)cc1. The molecule has 0 saturated heterocycles. The smallest absolute Gasteiger partial charge is 0.338 e. The highest BCUT2D eigenvalue weighted by Crippen LogP contribution is 2.13. The van der Waals surface area contributed by atoms with Gasteiger partial charge in [0.15, 0.2) is 5.78 Å². The summed E-state index contributed by atoms with van der Waals surface area (Å²) in [6.07, 6.45) is 1.86. The van der Waals surface area contributed by atoms with E-state index in [1.165, 1.54) is 0 Å². The Balaban J connectivity index is 2.80. The average Bonchev–Trinajstić information content (AvgIpc) is 2.27. The van der Waals surface area contributed by atoms with Crippen molar-refractivity contribution in [3.63, 3.8) is 0 Å². The summed E-state index contributed by atoms with van der Waals surface area (Å²) < 4.78 is 5.23. The molecule has 3 heteroatoms. The number of ketones is 1. The van der Waals surface area contributed by atoms with Crippen LogP contribution in [0.15, 0.2) is 36.9 Å². The van der Waals surface area contributed by atoms with Crippen LogP contribution < -0.4 is 0 Å². The van der Waals surface area contributed by atoms with Gasteiger partial charge in [0.1, 0.15) is 5.60 Å². The Bertz CT molecular complexity index is 450. The third kappa shape index (κ3) is 4.17. The molecule has 0 fully saturated rings. The van der Waals surface area contributed by atoms with Crippen LogP contribution in [0.25, 0.3) is 0 Å². The average molecular weight is 246 g/mol. The summed E-state index contributed by atoms with van der Waals surface area (Å²) >= 11 is 0. The van der Waals surface area contributed by atoms with Gasteiger partial charge in [-0.05, 0) is 32.9 Å². The second kappa shape index (κ2) is 5.63. The Labute approximate surface area is 107 Å². The lowest BCUT2D eigenvalue weighted by Gasteiger charge is -2.19. The fraction of sp³-hybridized carbons (Fsp3) is 0.333. The Kier molecular flexibility index (Phi) is 4.43. The van der Waals surface area contributed by atoms with E-state index in [1.54, 1.807) is 30.3 Å².